The highest BCUT2D eigenvalue weighted by atomic mass is 16.5. The van der Waals surface area contributed by atoms with Crippen LogP contribution < -0.4 is 10.5 Å². The lowest BCUT2D eigenvalue weighted by Gasteiger charge is -2.03. The van der Waals surface area contributed by atoms with Crippen LogP contribution >= 0.6 is 0 Å². The number of nitrogens with zero attached hydrogens (tertiary/aromatic N) is 2. The highest BCUT2D eigenvalue weighted by Gasteiger charge is 2.11. The zero-order chi connectivity index (χ0) is 12.4. The van der Waals surface area contributed by atoms with Crippen molar-refractivity contribution >= 4 is 5.82 Å². The summed E-state index contributed by atoms with van der Waals surface area (Å²) in [5, 5.41) is 4.41. The maximum Gasteiger partial charge on any atom is 0.124 e. The molecule has 90 valence electrons. The van der Waals surface area contributed by atoms with E-state index in [1.165, 1.54) is 0 Å². The minimum absolute atomic E-state index is 0.676. The van der Waals surface area contributed by atoms with Crippen molar-refractivity contribution in [3.63, 3.8) is 0 Å². The van der Waals surface area contributed by atoms with Crippen LogP contribution in [-0.4, -0.2) is 16.4 Å². The SMILES string of the molecule is CCOc1ccc(-c2nn(C)c(N)c2C)cc1. The van der Waals surface area contributed by atoms with Gasteiger partial charge in [-0.25, -0.2) is 0 Å². The standard InChI is InChI=1S/C13H17N3O/c1-4-17-11-7-5-10(6-8-11)12-9(2)13(14)16(3)15-12/h5-8H,4,14H2,1-3H3. The molecule has 2 rings (SSSR count). The third kappa shape index (κ3) is 2.11. The van der Waals surface area contributed by atoms with Crippen LogP contribution in [0.4, 0.5) is 5.82 Å². The molecule has 1 aromatic heterocycles. The van der Waals surface area contributed by atoms with Crippen molar-refractivity contribution in [2.75, 3.05) is 12.3 Å². The number of nitrogens with two attached hydrogens (primary N) is 1. The van der Waals surface area contributed by atoms with Gasteiger partial charge in [0.2, 0.25) is 0 Å². The summed E-state index contributed by atoms with van der Waals surface area (Å²) in [5.74, 6) is 1.58. The Morgan fingerprint density at radius 3 is 2.41 bits per heavy atom. The highest BCUT2D eigenvalue weighted by Crippen LogP contribution is 2.27. The van der Waals surface area contributed by atoms with Crippen LogP contribution in [0, 0.1) is 6.92 Å². The lowest BCUT2D eigenvalue weighted by molar-refractivity contribution is 0.340. The first-order chi connectivity index (χ1) is 8.13. The van der Waals surface area contributed by atoms with E-state index < -0.39 is 0 Å². The molecule has 1 heterocycles. The van der Waals surface area contributed by atoms with E-state index in [-0.39, 0.29) is 0 Å². The number of aromatic nitrogens is 2. The summed E-state index contributed by atoms with van der Waals surface area (Å²) < 4.78 is 7.10. The molecule has 4 nitrogen and oxygen atoms in total. The monoisotopic (exact) mass is 231 g/mol. The van der Waals surface area contributed by atoms with Crippen molar-refractivity contribution in [3.05, 3.63) is 29.8 Å². The Kier molecular flexibility index (Phi) is 3.04. The van der Waals surface area contributed by atoms with Gasteiger partial charge in [-0.1, -0.05) is 0 Å². The maximum atomic E-state index is 5.89. The molecule has 0 unspecified atom stereocenters. The summed E-state index contributed by atoms with van der Waals surface area (Å²) >= 11 is 0. The van der Waals surface area contributed by atoms with Crippen LogP contribution in [0.15, 0.2) is 24.3 Å². The number of rotatable bonds is 3. The number of ether oxygens (including phenoxy) is 1. The van der Waals surface area contributed by atoms with Crippen LogP contribution in [0.5, 0.6) is 5.75 Å². The quantitative estimate of drug-likeness (QED) is 0.882. The van der Waals surface area contributed by atoms with E-state index in [1.807, 2.05) is 45.2 Å². The number of anilines is 1. The van der Waals surface area contributed by atoms with Crippen molar-refractivity contribution in [2.45, 2.75) is 13.8 Å². The summed E-state index contributed by atoms with van der Waals surface area (Å²) in [6, 6.07) is 7.89. The van der Waals surface area contributed by atoms with Crippen molar-refractivity contribution in [1.29, 1.82) is 0 Å². The van der Waals surface area contributed by atoms with E-state index in [0.717, 1.165) is 22.6 Å². The average Bonchev–Trinajstić information content (AvgIpc) is 2.59. The van der Waals surface area contributed by atoms with E-state index in [4.69, 9.17) is 10.5 Å². The Bertz CT molecular complexity index is 514. The van der Waals surface area contributed by atoms with Gasteiger partial charge in [-0.3, -0.25) is 4.68 Å². The van der Waals surface area contributed by atoms with E-state index >= 15 is 0 Å². The molecule has 0 bridgehead atoms. The molecular weight excluding hydrogens is 214 g/mol. The van der Waals surface area contributed by atoms with Crippen LogP contribution in [-0.2, 0) is 7.05 Å². The molecular formula is C13H17N3O. The number of hydrogen-bond donors (Lipinski definition) is 1. The van der Waals surface area contributed by atoms with Gasteiger partial charge in [-0.05, 0) is 38.1 Å². The fraction of sp³-hybridized carbons (Fsp3) is 0.308. The molecule has 2 N–H and O–H groups in total. The van der Waals surface area contributed by atoms with E-state index in [2.05, 4.69) is 5.10 Å². The second-order valence-electron chi connectivity index (χ2n) is 3.94. The highest BCUT2D eigenvalue weighted by molar-refractivity contribution is 5.68. The van der Waals surface area contributed by atoms with Crippen molar-refractivity contribution in [2.24, 2.45) is 7.05 Å². The summed E-state index contributed by atoms with van der Waals surface area (Å²) in [4.78, 5) is 0. The first-order valence-corrected chi connectivity index (χ1v) is 5.65. The molecule has 0 aliphatic rings. The summed E-state index contributed by atoms with van der Waals surface area (Å²) in [7, 11) is 1.85. The Balaban J connectivity index is 2.36. The Morgan fingerprint density at radius 1 is 1.29 bits per heavy atom. The summed E-state index contributed by atoms with van der Waals surface area (Å²) in [6.07, 6.45) is 0. The van der Waals surface area contributed by atoms with Crippen LogP contribution in [0.1, 0.15) is 12.5 Å². The second-order valence-corrected chi connectivity index (χ2v) is 3.94. The van der Waals surface area contributed by atoms with Gasteiger partial charge in [0.25, 0.3) is 0 Å². The summed E-state index contributed by atoms with van der Waals surface area (Å²) in [6.45, 7) is 4.63. The Morgan fingerprint density at radius 2 is 1.94 bits per heavy atom. The van der Waals surface area contributed by atoms with Gasteiger partial charge < -0.3 is 10.5 Å². The van der Waals surface area contributed by atoms with Gasteiger partial charge in [-0.15, -0.1) is 0 Å². The zero-order valence-electron chi connectivity index (χ0n) is 10.4. The average molecular weight is 231 g/mol. The van der Waals surface area contributed by atoms with Crippen LogP contribution in [0.25, 0.3) is 11.3 Å². The molecule has 2 aromatic rings. The first kappa shape index (κ1) is 11.5. The maximum absolute atomic E-state index is 5.89. The van der Waals surface area contributed by atoms with Gasteiger partial charge in [0.05, 0.1) is 12.3 Å². The minimum atomic E-state index is 0.676. The number of benzene rings is 1. The minimum Gasteiger partial charge on any atom is -0.494 e. The van der Waals surface area contributed by atoms with Crippen molar-refractivity contribution in [1.82, 2.24) is 9.78 Å². The molecule has 1 aromatic carbocycles. The number of hydrogen-bond acceptors (Lipinski definition) is 3. The van der Waals surface area contributed by atoms with E-state index in [9.17, 15) is 0 Å². The van der Waals surface area contributed by atoms with Crippen LogP contribution in [0.2, 0.25) is 0 Å². The fourth-order valence-corrected chi connectivity index (χ4v) is 1.79. The lowest BCUT2D eigenvalue weighted by Crippen LogP contribution is -1.97. The third-order valence-corrected chi connectivity index (χ3v) is 2.78. The number of aryl methyl sites for hydroxylation is 1. The molecule has 17 heavy (non-hydrogen) atoms. The predicted octanol–water partition coefficient (Wildman–Crippen LogP) is 2.38. The molecule has 0 atom stereocenters. The summed E-state index contributed by atoms with van der Waals surface area (Å²) in [5.41, 5.74) is 8.88. The van der Waals surface area contributed by atoms with Gasteiger partial charge >= 0.3 is 0 Å². The first-order valence-electron chi connectivity index (χ1n) is 5.65. The van der Waals surface area contributed by atoms with Crippen LogP contribution in [0.3, 0.4) is 0 Å². The van der Waals surface area contributed by atoms with Crippen molar-refractivity contribution < 1.29 is 4.74 Å². The van der Waals surface area contributed by atoms with Gasteiger partial charge in [0.1, 0.15) is 11.6 Å². The molecule has 4 heteroatoms. The molecule has 0 spiro atoms. The Hall–Kier alpha value is -1.97. The lowest BCUT2D eigenvalue weighted by atomic mass is 10.1. The fourth-order valence-electron chi connectivity index (χ4n) is 1.79. The molecule has 0 saturated heterocycles. The molecule has 0 aliphatic carbocycles. The second kappa shape index (κ2) is 4.49. The Labute approximate surface area is 101 Å². The molecule has 0 aliphatic heterocycles. The topological polar surface area (TPSA) is 53.1 Å². The third-order valence-electron chi connectivity index (χ3n) is 2.78. The smallest absolute Gasteiger partial charge is 0.124 e. The van der Waals surface area contributed by atoms with Gasteiger partial charge in [-0.2, -0.15) is 5.10 Å². The zero-order valence-corrected chi connectivity index (χ0v) is 10.4. The predicted molar refractivity (Wildman–Crippen MR) is 69.0 cm³/mol. The largest absolute Gasteiger partial charge is 0.494 e. The molecule has 0 radical (unpaired) electrons. The van der Waals surface area contributed by atoms with Crippen molar-refractivity contribution in [3.8, 4) is 17.0 Å². The van der Waals surface area contributed by atoms with Gasteiger partial charge in [0, 0.05) is 18.2 Å². The van der Waals surface area contributed by atoms with Gasteiger partial charge in [0.15, 0.2) is 0 Å². The normalized spacial score (nSPS) is 10.5. The molecule has 0 amide bonds. The van der Waals surface area contributed by atoms with E-state index in [0.29, 0.717) is 12.4 Å². The molecule has 0 fully saturated rings. The molecule has 0 saturated carbocycles. The number of nitrogen functional groups attached to an aromatic ring is 1. The van der Waals surface area contributed by atoms with E-state index in [1.54, 1.807) is 4.68 Å².